The van der Waals surface area contributed by atoms with Crippen molar-refractivity contribution in [1.82, 2.24) is 19.8 Å². The summed E-state index contributed by atoms with van der Waals surface area (Å²) >= 11 is 1.24. The summed E-state index contributed by atoms with van der Waals surface area (Å²) in [5.74, 6) is 6.03. The fourth-order valence-corrected chi connectivity index (χ4v) is 4.50. The number of carbonyl (C=O) groups is 1. The largest absolute Gasteiger partial charge is 0.341 e. The number of nitrogen functional groups attached to an aromatic ring is 1. The SMILES string of the molecule is Nn1c(SC(C(=O)N2CCCCC2)c2ccccc2)nnc1-c1ccccc1F. The molecule has 1 aromatic heterocycles. The summed E-state index contributed by atoms with van der Waals surface area (Å²) in [5, 5.41) is 8.08. The Kier molecular flexibility index (Phi) is 5.80. The zero-order chi connectivity index (χ0) is 20.2. The van der Waals surface area contributed by atoms with Gasteiger partial charge < -0.3 is 10.7 Å². The van der Waals surface area contributed by atoms with Crippen LogP contribution in [0, 0.1) is 5.82 Å². The first kappa shape index (κ1) is 19.4. The lowest BCUT2D eigenvalue weighted by molar-refractivity contribution is -0.131. The van der Waals surface area contributed by atoms with Gasteiger partial charge in [0.25, 0.3) is 0 Å². The molecule has 2 N–H and O–H groups in total. The van der Waals surface area contributed by atoms with Crippen molar-refractivity contribution < 1.29 is 9.18 Å². The molecule has 1 unspecified atom stereocenters. The van der Waals surface area contributed by atoms with Crippen LogP contribution in [0.25, 0.3) is 11.4 Å². The second-order valence-electron chi connectivity index (χ2n) is 6.95. The topological polar surface area (TPSA) is 77.0 Å². The fourth-order valence-electron chi connectivity index (χ4n) is 3.46. The molecular formula is C21H22FN5OS. The number of amides is 1. The highest BCUT2D eigenvalue weighted by molar-refractivity contribution is 8.00. The quantitative estimate of drug-likeness (QED) is 0.512. The van der Waals surface area contributed by atoms with Crippen LogP contribution in [-0.4, -0.2) is 38.8 Å². The molecule has 150 valence electrons. The van der Waals surface area contributed by atoms with Crippen LogP contribution in [0.3, 0.4) is 0 Å². The Morgan fingerprint density at radius 1 is 1.00 bits per heavy atom. The molecule has 1 amide bonds. The van der Waals surface area contributed by atoms with Crippen LogP contribution in [-0.2, 0) is 4.79 Å². The maximum Gasteiger partial charge on any atom is 0.240 e. The second kappa shape index (κ2) is 8.65. The molecule has 3 aromatic rings. The molecule has 0 bridgehead atoms. The van der Waals surface area contributed by atoms with Crippen molar-refractivity contribution in [3.8, 4) is 11.4 Å². The maximum atomic E-state index is 14.2. The summed E-state index contributed by atoms with van der Waals surface area (Å²) in [6.45, 7) is 1.52. The predicted molar refractivity (Wildman–Crippen MR) is 111 cm³/mol. The first-order chi connectivity index (χ1) is 14.1. The van der Waals surface area contributed by atoms with Crippen LogP contribution < -0.4 is 5.84 Å². The van der Waals surface area contributed by atoms with Crippen LogP contribution in [0.15, 0.2) is 59.8 Å². The Balaban J connectivity index is 1.65. The molecule has 0 radical (unpaired) electrons. The highest BCUT2D eigenvalue weighted by atomic mass is 32.2. The molecular weight excluding hydrogens is 389 g/mol. The van der Waals surface area contributed by atoms with E-state index in [1.165, 1.54) is 22.5 Å². The van der Waals surface area contributed by atoms with Crippen molar-refractivity contribution in [2.45, 2.75) is 29.7 Å². The van der Waals surface area contributed by atoms with Crippen molar-refractivity contribution in [2.75, 3.05) is 18.9 Å². The van der Waals surface area contributed by atoms with E-state index in [9.17, 15) is 9.18 Å². The monoisotopic (exact) mass is 411 g/mol. The van der Waals surface area contributed by atoms with E-state index in [-0.39, 0.29) is 17.3 Å². The fraction of sp³-hybridized carbons (Fsp3) is 0.286. The summed E-state index contributed by atoms with van der Waals surface area (Å²) in [7, 11) is 0. The molecule has 0 saturated carbocycles. The highest BCUT2D eigenvalue weighted by Gasteiger charge is 2.30. The number of halogens is 1. The minimum absolute atomic E-state index is 0.0383. The molecule has 1 atom stereocenters. The molecule has 1 aliphatic rings. The molecule has 2 heterocycles. The van der Waals surface area contributed by atoms with Crippen molar-refractivity contribution in [2.24, 2.45) is 0 Å². The summed E-state index contributed by atoms with van der Waals surface area (Å²) < 4.78 is 15.4. The lowest BCUT2D eigenvalue weighted by Gasteiger charge is -2.30. The molecule has 0 aliphatic carbocycles. The number of rotatable bonds is 5. The minimum Gasteiger partial charge on any atom is -0.341 e. The van der Waals surface area contributed by atoms with Gasteiger partial charge in [-0.25, -0.2) is 9.07 Å². The number of aromatic nitrogens is 3. The number of carbonyl (C=O) groups excluding carboxylic acids is 1. The van der Waals surface area contributed by atoms with Crippen LogP contribution in [0.2, 0.25) is 0 Å². The Hall–Kier alpha value is -2.87. The van der Waals surface area contributed by atoms with Gasteiger partial charge in [-0.15, -0.1) is 10.2 Å². The number of hydrogen-bond donors (Lipinski definition) is 1. The Bertz CT molecular complexity index is 988. The highest BCUT2D eigenvalue weighted by Crippen LogP contribution is 2.37. The predicted octanol–water partition coefficient (Wildman–Crippen LogP) is 3.64. The van der Waals surface area contributed by atoms with Crippen LogP contribution in [0.1, 0.15) is 30.1 Å². The van der Waals surface area contributed by atoms with E-state index < -0.39 is 11.1 Å². The van der Waals surface area contributed by atoms with E-state index in [0.717, 1.165) is 37.9 Å². The zero-order valence-corrected chi connectivity index (χ0v) is 16.7. The Labute approximate surface area is 172 Å². The van der Waals surface area contributed by atoms with Gasteiger partial charge in [0, 0.05) is 13.1 Å². The second-order valence-corrected chi connectivity index (χ2v) is 8.02. The third-order valence-corrected chi connectivity index (χ3v) is 6.20. The average molecular weight is 412 g/mol. The maximum absolute atomic E-state index is 14.2. The number of thioether (sulfide) groups is 1. The van der Waals surface area contributed by atoms with Gasteiger partial charge in [0.1, 0.15) is 11.1 Å². The lowest BCUT2D eigenvalue weighted by Crippen LogP contribution is -2.38. The normalized spacial score (nSPS) is 15.3. The van der Waals surface area contributed by atoms with Gasteiger partial charge in [-0.05, 0) is 37.0 Å². The molecule has 2 aromatic carbocycles. The van der Waals surface area contributed by atoms with E-state index in [2.05, 4.69) is 10.2 Å². The zero-order valence-electron chi connectivity index (χ0n) is 15.9. The summed E-state index contributed by atoms with van der Waals surface area (Å²) in [4.78, 5) is 15.2. The van der Waals surface area contributed by atoms with E-state index in [0.29, 0.717) is 5.16 Å². The first-order valence-corrected chi connectivity index (χ1v) is 10.5. The molecule has 1 saturated heterocycles. The van der Waals surface area contributed by atoms with Gasteiger partial charge in [0.05, 0.1) is 5.56 Å². The standard InChI is InChI=1S/C21H22FN5OS/c22-17-12-6-5-11-16(17)19-24-25-21(27(19)23)29-18(15-9-3-1-4-10-15)20(28)26-13-7-2-8-14-26/h1,3-6,9-12,18H,2,7-8,13-14,23H2. The van der Waals surface area contributed by atoms with E-state index >= 15 is 0 Å². The van der Waals surface area contributed by atoms with Gasteiger partial charge in [0.15, 0.2) is 5.82 Å². The van der Waals surface area contributed by atoms with Gasteiger partial charge in [-0.1, -0.05) is 54.2 Å². The van der Waals surface area contributed by atoms with Crippen LogP contribution in [0.5, 0.6) is 0 Å². The van der Waals surface area contributed by atoms with Gasteiger partial charge in [-0.3, -0.25) is 4.79 Å². The summed E-state index contributed by atoms with van der Waals surface area (Å²) in [5.41, 5.74) is 1.15. The van der Waals surface area contributed by atoms with Crippen LogP contribution >= 0.6 is 11.8 Å². The number of nitrogens with two attached hydrogens (primary N) is 1. The number of hydrogen-bond acceptors (Lipinski definition) is 5. The molecule has 6 nitrogen and oxygen atoms in total. The number of benzene rings is 2. The van der Waals surface area contributed by atoms with Crippen molar-refractivity contribution in [3.63, 3.8) is 0 Å². The van der Waals surface area contributed by atoms with Gasteiger partial charge in [-0.2, -0.15) is 0 Å². The van der Waals surface area contributed by atoms with Crippen molar-refractivity contribution in [3.05, 3.63) is 66.0 Å². The molecule has 8 heteroatoms. The van der Waals surface area contributed by atoms with Gasteiger partial charge in [0.2, 0.25) is 11.1 Å². The molecule has 1 fully saturated rings. The van der Waals surface area contributed by atoms with Crippen molar-refractivity contribution >= 4 is 17.7 Å². The molecule has 29 heavy (non-hydrogen) atoms. The number of likely N-dealkylation sites (tertiary alicyclic amines) is 1. The Morgan fingerprint density at radius 2 is 1.69 bits per heavy atom. The van der Waals surface area contributed by atoms with Crippen LogP contribution in [0.4, 0.5) is 4.39 Å². The number of piperidine rings is 1. The smallest absolute Gasteiger partial charge is 0.240 e. The first-order valence-electron chi connectivity index (χ1n) is 9.61. The summed E-state index contributed by atoms with van der Waals surface area (Å²) in [6, 6.07) is 15.9. The molecule has 1 aliphatic heterocycles. The summed E-state index contributed by atoms with van der Waals surface area (Å²) in [6.07, 6.45) is 3.18. The lowest BCUT2D eigenvalue weighted by atomic mass is 10.1. The van der Waals surface area contributed by atoms with E-state index in [1.807, 2.05) is 35.2 Å². The average Bonchev–Trinajstić information content (AvgIpc) is 3.13. The minimum atomic E-state index is -0.491. The van der Waals surface area contributed by atoms with Crippen molar-refractivity contribution in [1.29, 1.82) is 0 Å². The molecule has 0 spiro atoms. The third kappa shape index (κ3) is 4.12. The Morgan fingerprint density at radius 3 is 2.41 bits per heavy atom. The van der Waals surface area contributed by atoms with E-state index in [4.69, 9.17) is 5.84 Å². The third-order valence-electron chi connectivity index (χ3n) is 5.00. The molecule has 4 rings (SSSR count). The van der Waals surface area contributed by atoms with E-state index in [1.54, 1.807) is 18.2 Å². The number of nitrogens with zero attached hydrogens (tertiary/aromatic N) is 4. The van der Waals surface area contributed by atoms with Gasteiger partial charge >= 0.3 is 0 Å².